The number of amides is 1. The number of rotatable bonds is 3. The standard InChI is InChI=1S/C10H12N2O2S/c1-6(13)4-10(14)12-7-2-3-9(15)8(11)5-7/h2-3,5,15H,4,11H2,1H3,(H,12,14). The van der Waals surface area contributed by atoms with E-state index in [1.807, 2.05) is 0 Å². The average molecular weight is 224 g/mol. The van der Waals surface area contributed by atoms with Gasteiger partial charge in [0.2, 0.25) is 5.91 Å². The van der Waals surface area contributed by atoms with Gasteiger partial charge in [-0.3, -0.25) is 9.59 Å². The molecule has 0 spiro atoms. The third-order valence-corrected chi connectivity index (χ3v) is 2.13. The van der Waals surface area contributed by atoms with E-state index in [1.54, 1.807) is 18.2 Å². The summed E-state index contributed by atoms with van der Waals surface area (Å²) in [6.07, 6.45) is -0.122. The second-order valence-electron chi connectivity index (χ2n) is 3.20. The molecule has 0 saturated heterocycles. The molecule has 1 amide bonds. The number of hydrogen-bond donors (Lipinski definition) is 3. The van der Waals surface area contributed by atoms with E-state index in [9.17, 15) is 9.59 Å². The van der Waals surface area contributed by atoms with Crippen LogP contribution in [0.3, 0.4) is 0 Å². The molecule has 80 valence electrons. The van der Waals surface area contributed by atoms with E-state index in [-0.39, 0.29) is 18.1 Å². The molecule has 15 heavy (non-hydrogen) atoms. The van der Waals surface area contributed by atoms with Crippen molar-refractivity contribution in [1.29, 1.82) is 0 Å². The fourth-order valence-electron chi connectivity index (χ4n) is 1.06. The van der Waals surface area contributed by atoms with Crippen molar-refractivity contribution in [3.8, 4) is 0 Å². The minimum atomic E-state index is -0.339. The van der Waals surface area contributed by atoms with Gasteiger partial charge in [-0.2, -0.15) is 0 Å². The highest BCUT2D eigenvalue weighted by atomic mass is 32.1. The van der Waals surface area contributed by atoms with Crippen molar-refractivity contribution in [2.45, 2.75) is 18.2 Å². The van der Waals surface area contributed by atoms with Crippen LogP contribution in [0.5, 0.6) is 0 Å². The van der Waals surface area contributed by atoms with Crippen molar-refractivity contribution in [1.82, 2.24) is 0 Å². The summed E-state index contributed by atoms with van der Waals surface area (Å²) in [5.41, 5.74) is 6.65. The Morgan fingerprint density at radius 2 is 2.13 bits per heavy atom. The summed E-state index contributed by atoms with van der Waals surface area (Å²) in [4.78, 5) is 22.5. The molecule has 0 unspecified atom stereocenters. The predicted molar refractivity (Wildman–Crippen MR) is 62.0 cm³/mol. The molecule has 0 aliphatic carbocycles. The molecule has 0 radical (unpaired) electrons. The first-order valence-electron chi connectivity index (χ1n) is 4.37. The molecule has 1 aromatic carbocycles. The first-order valence-corrected chi connectivity index (χ1v) is 4.81. The number of carbonyl (C=O) groups excluding carboxylic acids is 2. The van der Waals surface area contributed by atoms with Crippen LogP contribution >= 0.6 is 12.6 Å². The Morgan fingerprint density at radius 1 is 1.47 bits per heavy atom. The van der Waals surface area contributed by atoms with Crippen molar-refractivity contribution < 1.29 is 9.59 Å². The topological polar surface area (TPSA) is 72.2 Å². The lowest BCUT2D eigenvalue weighted by molar-refractivity contribution is -0.124. The maximum atomic E-state index is 11.2. The smallest absolute Gasteiger partial charge is 0.231 e. The van der Waals surface area contributed by atoms with Crippen molar-refractivity contribution in [2.24, 2.45) is 0 Å². The Morgan fingerprint density at radius 3 is 2.67 bits per heavy atom. The van der Waals surface area contributed by atoms with Crippen LogP contribution in [0.2, 0.25) is 0 Å². The molecule has 4 nitrogen and oxygen atoms in total. The van der Waals surface area contributed by atoms with Crippen molar-refractivity contribution in [2.75, 3.05) is 11.1 Å². The summed E-state index contributed by atoms with van der Waals surface area (Å²) in [6, 6.07) is 4.96. The lowest BCUT2D eigenvalue weighted by Gasteiger charge is -2.05. The molecule has 0 aromatic heterocycles. The van der Waals surface area contributed by atoms with Gasteiger partial charge in [-0.1, -0.05) is 0 Å². The zero-order valence-corrected chi connectivity index (χ0v) is 9.17. The van der Waals surface area contributed by atoms with E-state index in [4.69, 9.17) is 5.73 Å². The number of nitrogens with one attached hydrogen (secondary N) is 1. The van der Waals surface area contributed by atoms with Crippen molar-refractivity contribution in [3.05, 3.63) is 18.2 Å². The normalized spacial score (nSPS) is 9.73. The molecule has 0 saturated carbocycles. The average Bonchev–Trinajstić information content (AvgIpc) is 2.10. The molecule has 1 rings (SSSR count). The van der Waals surface area contributed by atoms with Crippen LogP contribution in [0.25, 0.3) is 0 Å². The van der Waals surface area contributed by atoms with Crippen molar-refractivity contribution >= 4 is 35.7 Å². The van der Waals surface area contributed by atoms with Gasteiger partial charge in [0.15, 0.2) is 0 Å². The molecule has 0 heterocycles. The van der Waals surface area contributed by atoms with Crippen LogP contribution in [0, 0.1) is 0 Å². The number of nitrogens with two attached hydrogens (primary N) is 1. The molecule has 0 aliphatic heterocycles. The lowest BCUT2D eigenvalue weighted by Crippen LogP contribution is -2.14. The Balaban J connectivity index is 2.69. The highest BCUT2D eigenvalue weighted by molar-refractivity contribution is 7.80. The molecule has 1 aromatic rings. The van der Waals surface area contributed by atoms with Gasteiger partial charge in [0, 0.05) is 16.3 Å². The summed E-state index contributed by atoms with van der Waals surface area (Å²) in [7, 11) is 0. The van der Waals surface area contributed by atoms with E-state index in [0.29, 0.717) is 16.3 Å². The molecule has 5 heteroatoms. The molecule has 0 atom stereocenters. The van der Waals surface area contributed by atoms with Gasteiger partial charge >= 0.3 is 0 Å². The van der Waals surface area contributed by atoms with Gasteiger partial charge in [0.05, 0.1) is 6.42 Å². The van der Waals surface area contributed by atoms with E-state index in [1.165, 1.54) is 6.92 Å². The van der Waals surface area contributed by atoms with Gasteiger partial charge in [-0.05, 0) is 25.1 Å². The van der Waals surface area contributed by atoms with Gasteiger partial charge in [0.25, 0.3) is 0 Å². The van der Waals surface area contributed by atoms with Gasteiger partial charge in [-0.15, -0.1) is 12.6 Å². The van der Waals surface area contributed by atoms with Gasteiger partial charge in [0.1, 0.15) is 5.78 Å². The minimum absolute atomic E-state index is 0.122. The maximum Gasteiger partial charge on any atom is 0.231 e. The lowest BCUT2D eigenvalue weighted by atomic mass is 10.2. The third kappa shape index (κ3) is 3.63. The second-order valence-corrected chi connectivity index (χ2v) is 3.68. The quantitative estimate of drug-likeness (QED) is 0.413. The number of ketones is 1. The van der Waals surface area contributed by atoms with Crippen molar-refractivity contribution in [3.63, 3.8) is 0 Å². The number of benzene rings is 1. The third-order valence-electron chi connectivity index (χ3n) is 1.72. The predicted octanol–water partition coefficient (Wildman–Crippen LogP) is 1.48. The maximum absolute atomic E-state index is 11.2. The summed E-state index contributed by atoms with van der Waals surface area (Å²) in [5, 5.41) is 2.57. The van der Waals surface area contributed by atoms with Gasteiger partial charge < -0.3 is 11.1 Å². The van der Waals surface area contributed by atoms with Crippen LogP contribution in [0.1, 0.15) is 13.3 Å². The van der Waals surface area contributed by atoms with E-state index in [2.05, 4.69) is 17.9 Å². The number of Topliss-reactive ketones (excluding diaryl/α,β-unsaturated/α-hetero) is 1. The summed E-state index contributed by atoms with van der Waals surface area (Å²) >= 11 is 4.10. The largest absolute Gasteiger partial charge is 0.398 e. The monoisotopic (exact) mass is 224 g/mol. The summed E-state index contributed by atoms with van der Waals surface area (Å²) < 4.78 is 0. The number of carbonyl (C=O) groups is 2. The zero-order valence-electron chi connectivity index (χ0n) is 8.28. The zero-order chi connectivity index (χ0) is 11.4. The first kappa shape index (κ1) is 11.6. The number of nitrogen functional groups attached to an aromatic ring is 1. The number of anilines is 2. The fourth-order valence-corrected chi connectivity index (χ4v) is 1.20. The van der Waals surface area contributed by atoms with Crippen LogP contribution in [-0.4, -0.2) is 11.7 Å². The molecule has 0 fully saturated rings. The molecular formula is C10H12N2O2S. The Kier molecular flexibility index (Phi) is 3.74. The Bertz CT molecular complexity index is 404. The SMILES string of the molecule is CC(=O)CC(=O)Nc1ccc(S)c(N)c1. The molecule has 0 bridgehead atoms. The Hall–Kier alpha value is -1.49. The highest BCUT2D eigenvalue weighted by Gasteiger charge is 2.05. The Labute approximate surface area is 93.3 Å². The minimum Gasteiger partial charge on any atom is -0.398 e. The molecule has 0 aliphatic rings. The van der Waals surface area contributed by atoms with Crippen LogP contribution in [0.15, 0.2) is 23.1 Å². The van der Waals surface area contributed by atoms with Gasteiger partial charge in [-0.25, -0.2) is 0 Å². The number of hydrogen-bond acceptors (Lipinski definition) is 4. The first-order chi connectivity index (χ1) is 6.99. The van der Waals surface area contributed by atoms with E-state index in [0.717, 1.165) is 0 Å². The molecule has 3 N–H and O–H groups in total. The molecular weight excluding hydrogens is 212 g/mol. The second kappa shape index (κ2) is 4.84. The summed E-state index contributed by atoms with van der Waals surface area (Å²) in [5.74, 6) is -0.514. The number of thiol groups is 1. The summed E-state index contributed by atoms with van der Waals surface area (Å²) in [6.45, 7) is 1.37. The van der Waals surface area contributed by atoms with E-state index < -0.39 is 0 Å². The highest BCUT2D eigenvalue weighted by Crippen LogP contribution is 2.20. The van der Waals surface area contributed by atoms with E-state index >= 15 is 0 Å². The van der Waals surface area contributed by atoms with Crippen LogP contribution in [-0.2, 0) is 9.59 Å². The van der Waals surface area contributed by atoms with Crippen LogP contribution < -0.4 is 11.1 Å². The van der Waals surface area contributed by atoms with Crippen LogP contribution in [0.4, 0.5) is 11.4 Å². The fraction of sp³-hybridized carbons (Fsp3) is 0.200.